The van der Waals surface area contributed by atoms with Crippen molar-refractivity contribution in [2.24, 2.45) is 0 Å². The summed E-state index contributed by atoms with van der Waals surface area (Å²) in [6.45, 7) is 1.52. The number of fused-ring (bicyclic) bond motifs is 2. The number of urea groups is 1. The van der Waals surface area contributed by atoms with Gasteiger partial charge in [-0.1, -0.05) is 60.7 Å². The summed E-state index contributed by atoms with van der Waals surface area (Å²) in [7, 11) is 0. The Bertz CT molecular complexity index is 1180. The molecule has 1 N–H and O–H groups in total. The van der Waals surface area contributed by atoms with Gasteiger partial charge >= 0.3 is 6.03 Å². The zero-order valence-corrected chi connectivity index (χ0v) is 15.8. The maximum Gasteiger partial charge on any atom is 0.318 e. The van der Waals surface area contributed by atoms with Gasteiger partial charge in [-0.15, -0.1) is 10.2 Å². The van der Waals surface area contributed by atoms with E-state index in [-0.39, 0.29) is 12.6 Å². The molecule has 2 heterocycles. The summed E-state index contributed by atoms with van der Waals surface area (Å²) in [5, 5.41) is 13.3. The van der Waals surface area contributed by atoms with E-state index < -0.39 is 0 Å². The number of nitrogens with one attached hydrogen (secondary N) is 1. The molecule has 0 bridgehead atoms. The molecule has 0 spiro atoms. The average Bonchev–Trinajstić information content (AvgIpc) is 3.25. The SMILES string of the molecule is O=C(NCc1nnc(-c2cccc3ccccc23)o1)N1CCc2ccccc2C1. The third kappa shape index (κ3) is 3.45. The lowest BCUT2D eigenvalue weighted by molar-refractivity contribution is 0.191. The van der Waals surface area contributed by atoms with Crippen LogP contribution in [0.4, 0.5) is 4.79 Å². The molecular weight excluding hydrogens is 364 g/mol. The van der Waals surface area contributed by atoms with Gasteiger partial charge in [0.05, 0.1) is 6.54 Å². The van der Waals surface area contributed by atoms with Crippen LogP contribution in [0.15, 0.2) is 71.1 Å². The Kier molecular flexibility index (Phi) is 4.44. The molecule has 0 fully saturated rings. The van der Waals surface area contributed by atoms with Gasteiger partial charge < -0.3 is 14.6 Å². The van der Waals surface area contributed by atoms with Crippen molar-refractivity contribution in [3.05, 3.63) is 83.7 Å². The highest BCUT2D eigenvalue weighted by atomic mass is 16.4. The number of hydrogen-bond donors (Lipinski definition) is 1. The largest absolute Gasteiger partial charge is 0.419 e. The van der Waals surface area contributed by atoms with Crippen LogP contribution in [-0.2, 0) is 19.5 Å². The Morgan fingerprint density at radius 2 is 1.76 bits per heavy atom. The standard InChI is InChI=1S/C23H20N4O2/c28-23(27-13-12-16-6-1-2-8-18(16)15-27)24-14-21-25-26-22(29-21)20-11-5-9-17-7-3-4-10-19(17)20/h1-11H,12-15H2,(H,24,28). The molecule has 4 aromatic rings. The van der Waals surface area contributed by atoms with Crippen molar-refractivity contribution in [2.75, 3.05) is 6.54 Å². The molecule has 6 nitrogen and oxygen atoms in total. The summed E-state index contributed by atoms with van der Waals surface area (Å²) in [4.78, 5) is 14.4. The van der Waals surface area contributed by atoms with Crippen LogP contribution >= 0.6 is 0 Å². The Labute approximate surface area is 168 Å². The second-order valence-corrected chi connectivity index (χ2v) is 7.13. The van der Waals surface area contributed by atoms with Crippen LogP contribution < -0.4 is 5.32 Å². The van der Waals surface area contributed by atoms with E-state index in [1.54, 1.807) is 0 Å². The predicted molar refractivity (Wildman–Crippen MR) is 110 cm³/mol. The molecule has 0 saturated carbocycles. The molecule has 29 heavy (non-hydrogen) atoms. The third-order valence-corrected chi connectivity index (χ3v) is 5.30. The van der Waals surface area contributed by atoms with Crippen LogP contribution in [0.25, 0.3) is 22.2 Å². The van der Waals surface area contributed by atoms with Gasteiger partial charge in [-0.3, -0.25) is 0 Å². The average molecular weight is 384 g/mol. The normalized spacial score (nSPS) is 13.3. The van der Waals surface area contributed by atoms with Crippen molar-refractivity contribution in [1.29, 1.82) is 0 Å². The van der Waals surface area contributed by atoms with E-state index in [0.29, 0.717) is 24.9 Å². The molecule has 2 amide bonds. The maximum absolute atomic E-state index is 12.6. The van der Waals surface area contributed by atoms with Crippen molar-refractivity contribution in [2.45, 2.75) is 19.5 Å². The number of nitrogens with zero attached hydrogens (tertiary/aromatic N) is 3. The van der Waals surface area contributed by atoms with E-state index in [9.17, 15) is 4.79 Å². The van der Waals surface area contributed by atoms with Gasteiger partial charge in [0.25, 0.3) is 0 Å². The Morgan fingerprint density at radius 3 is 2.69 bits per heavy atom. The Morgan fingerprint density at radius 1 is 0.966 bits per heavy atom. The van der Waals surface area contributed by atoms with Gasteiger partial charge in [-0.25, -0.2) is 4.79 Å². The monoisotopic (exact) mass is 384 g/mol. The fourth-order valence-corrected chi connectivity index (χ4v) is 3.78. The highest BCUT2D eigenvalue weighted by Gasteiger charge is 2.20. The number of benzene rings is 3. The predicted octanol–water partition coefficient (Wildman–Crippen LogP) is 4.16. The first kappa shape index (κ1) is 17.4. The topological polar surface area (TPSA) is 71.3 Å². The van der Waals surface area contributed by atoms with Crippen LogP contribution in [0.3, 0.4) is 0 Å². The van der Waals surface area contributed by atoms with E-state index in [0.717, 1.165) is 22.8 Å². The van der Waals surface area contributed by atoms with Crippen LogP contribution in [0.5, 0.6) is 0 Å². The van der Waals surface area contributed by atoms with E-state index in [1.807, 2.05) is 59.5 Å². The molecule has 0 saturated heterocycles. The summed E-state index contributed by atoms with van der Waals surface area (Å²) in [6.07, 6.45) is 0.870. The number of carbonyl (C=O) groups is 1. The molecule has 0 unspecified atom stereocenters. The van der Waals surface area contributed by atoms with Gasteiger partial charge in [0, 0.05) is 18.7 Å². The maximum atomic E-state index is 12.6. The molecule has 1 aliphatic heterocycles. The number of carbonyl (C=O) groups excluding carboxylic acids is 1. The lowest BCUT2D eigenvalue weighted by atomic mass is 10.0. The number of hydrogen-bond acceptors (Lipinski definition) is 4. The first-order chi connectivity index (χ1) is 14.3. The highest BCUT2D eigenvalue weighted by Crippen LogP contribution is 2.27. The van der Waals surface area contributed by atoms with Crippen molar-refractivity contribution < 1.29 is 9.21 Å². The summed E-state index contributed by atoms with van der Waals surface area (Å²) in [6, 6.07) is 22.2. The molecule has 144 valence electrons. The number of amides is 2. The van der Waals surface area contributed by atoms with Crippen LogP contribution in [0.2, 0.25) is 0 Å². The smallest absolute Gasteiger partial charge is 0.318 e. The summed E-state index contributed by atoms with van der Waals surface area (Å²) in [5.74, 6) is 0.844. The second kappa shape index (κ2) is 7.39. The number of aromatic nitrogens is 2. The first-order valence-electron chi connectivity index (χ1n) is 9.68. The van der Waals surface area contributed by atoms with E-state index in [1.165, 1.54) is 11.1 Å². The zero-order chi connectivity index (χ0) is 19.6. The Balaban J connectivity index is 1.27. The lowest BCUT2D eigenvalue weighted by Crippen LogP contribution is -2.42. The summed E-state index contributed by atoms with van der Waals surface area (Å²) in [5.41, 5.74) is 3.40. The molecule has 0 atom stereocenters. The zero-order valence-electron chi connectivity index (χ0n) is 15.8. The molecular formula is C23H20N4O2. The quantitative estimate of drug-likeness (QED) is 0.576. The molecule has 1 aliphatic rings. The summed E-state index contributed by atoms with van der Waals surface area (Å²) >= 11 is 0. The van der Waals surface area contributed by atoms with Crippen molar-refractivity contribution >= 4 is 16.8 Å². The van der Waals surface area contributed by atoms with Crippen LogP contribution in [0.1, 0.15) is 17.0 Å². The molecule has 0 radical (unpaired) electrons. The third-order valence-electron chi connectivity index (χ3n) is 5.30. The Hall–Kier alpha value is -3.67. The van der Waals surface area contributed by atoms with Gasteiger partial charge in [-0.2, -0.15) is 0 Å². The molecule has 0 aliphatic carbocycles. The minimum atomic E-state index is -0.121. The van der Waals surface area contributed by atoms with Crippen LogP contribution in [-0.4, -0.2) is 27.7 Å². The van der Waals surface area contributed by atoms with Gasteiger partial charge in [0.1, 0.15) is 0 Å². The van der Waals surface area contributed by atoms with Gasteiger partial charge in [-0.05, 0) is 34.4 Å². The van der Waals surface area contributed by atoms with Gasteiger partial charge in [0.15, 0.2) is 0 Å². The lowest BCUT2D eigenvalue weighted by Gasteiger charge is -2.28. The van der Waals surface area contributed by atoms with E-state index >= 15 is 0 Å². The van der Waals surface area contributed by atoms with E-state index in [4.69, 9.17) is 4.42 Å². The van der Waals surface area contributed by atoms with Crippen molar-refractivity contribution in [1.82, 2.24) is 20.4 Å². The van der Waals surface area contributed by atoms with Crippen LogP contribution in [0, 0.1) is 0 Å². The molecule has 3 aromatic carbocycles. The fourth-order valence-electron chi connectivity index (χ4n) is 3.78. The molecule has 5 rings (SSSR count). The molecule has 1 aromatic heterocycles. The minimum absolute atomic E-state index is 0.121. The van der Waals surface area contributed by atoms with Crippen molar-refractivity contribution in [3.8, 4) is 11.5 Å². The van der Waals surface area contributed by atoms with E-state index in [2.05, 4.69) is 27.6 Å². The van der Waals surface area contributed by atoms with Crippen molar-refractivity contribution in [3.63, 3.8) is 0 Å². The number of rotatable bonds is 3. The first-order valence-corrected chi connectivity index (χ1v) is 9.68. The second-order valence-electron chi connectivity index (χ2n) is 7.13. The fraction of sp³-hybridized carbons (Fsp3) is 0.174. The summed E-state index contributed by atoms with van der Waals surface area (Å²) < 4.78 is 5.82. The molecule has 6 heteroatoms. The minimum Gasteiger partial charge on any atom is -0.419 e. The highest BCUT2D eigenvalue weighted by molar-refractivity contribution is 5.94. The van der Waals surface area contributed by atoms with Gasteiger partial charge in [0.2, 0.25) is 11.8 Å².